The van der Waals surface area contributed by atoms with Gasteiger partial charge in [0.2, 0.25) is 11.6 Å². The molecule has 0 spiro atoms. The third-order valence-corrected chi connectivity index (χ3v) is 3.08. The SMILES string of the molecule is COc1c(F)c(F)c(Nc2ccc([N+](=O)[O-])cc2[N+](=O)[O-])c(F)c1F. The Kier molecular flexibility index (Phi) is 4.72. The van der Waals surface area contributed by atoms with Crippen molar-refractivity contribution in [3.8, 4) is 5.75 Å². The number of hydrogen-bond acceptors (Lipinski definition) is 6. The van der Waals surface area contributed by atoms with Crippen LogP contribution in [0.3, 0.4) is 0 Å². The minimum atomic E-state index is -1.89. The highest BCUT2D eigenvalue weighted by Crippen LogP contribution is 2.37. The lowest BCUT2D eigenvalue weighted by Crippen LogP contribution is -2.07. The van der Waals surface area contributed by atoms with Gasteiger partial charge in [-0.25, -0.2) is 8.78 Å². The van der Waals surface area contributed by atoms with Crippen LogP contribution in [0.2, 0.25) is 0 Å². The van der Waals surface area contributed by atoms with Crippen LogP contribution >= 0.6 is 0 Å². The Morgan fingerprint density at radius 2 is 1.52 bits per heavy atom. The number of nitrogens with zero attached hydrogens (tertiary/aromatic N) is 2. The summed E-state index contributed by atoms with van der Waals surface area (Å²) in [6.45, 7) is 0. The topological polar surface area (TPSA) is 108 Å². The van der Waals surface area contributed by atoms with Crippen LogP contribution in [0.5, 0.6) is 5.75 Å². The average molecular weight is 361 g/mol. The maximum atomic E-state index is 13.9. The number of ether oxygens (including phenoxy) is 1. The standard InChI is InChI=1S/C13H7F4N3O5/c1-25-13-10(16)8(14)12(9(15)11(13)17)18-6-3-2-5(19(21)22)4-7(6)20(23)24/h2-4,18H,1H3. The van der Waals surface area contributed by atoms with Crippen molar-refractivity contribution < 1.29 is 32.1 Å². The molecule has 2 aromatic rings. The summed E-state index contributed by atoms with van der Waals surface area (Å²) in [4.78, 5) is 19.6. The van der Waals surface area contributed by atoms with Crippen molar-refractivity contribution in [2.45, 2.75) is 0 Å². The van der Waals surface area contributed by atoms with Gasteiger partial charge < -0.3 is 10.1 Å². The van der Waals surface area contributed by atoms with Crippen LogP contribution < -0.4 is 10.1 Å². The zero-order valence-electron chi connectivity index (χ0n) is 12.2. The van der Waals surface area contributed by atoms with E-state index in [1.165, 1.54) is 0 Å². The van der Waals surface area contributed by atoms with Crippen LogP contribution in [0, 0.1) is 43.5 Å². The number of rotatable bonds is 5. The van der Waals surface area contributed by atoms with Gasteiger partial charge in [-0.3, -0.25) is 20.2 Å². The second-order valence-corrected chi connectivity index (χ2v) is 4.50. The molecular formula is C13H7F4N3O5. The van der Waals surface area contributed by atoms with Gasteiger partial charge in [0.15, 0.2) is 17.4 Å². The smallest absolute Gasteiger partial charge is 0.299 e. The molecule has 0 aliphatic rings. The van der Waals surface area contributed by atoms with Gasteiger partial charge in [-0.05, 0) is 6.07 Å². The fourth-order valence-electron chi connectivity index (χ4n) is 1.93. The fraction of sp³-hybridized carbons (Fsp3) is 0.0769. The van der Waals surface area contributed by atoms with Crippen molar-refractivity contribution in [1.82, 2.24) is 0 Å². The van der Waals surface area contributed by atoms with E-state index < -0.39 is 61.6 Å². The molecule has 0 amide bonds. The molecule has 0 radical (unpaired) electrons. The molecule has 0 saturated carbocycles. The number of benzene rings is 2. The number of nitro benzene ring substituents is 2. The first-order valence-electron chi connectivity index (χ1n) is 6.28. The number of nitro groups is 2. The Balaban J connectivity index is 2.61. The summed E-state index contributed by atoms with van der Waals surface area (Å²) in [5, 5.41) is 23.5. The van der Waals surface area contributed by atoms with Gasteiger partial charge in [0.05, 0.1) is 23.0 Å². The molecule has 8 nitrogen and oxygen atoms in total. The normalized spacial score (nSPS) is 10.4. The molecule has 2 rings (SSSR count). The number of non-ortho nitro benzene ring substituents is 1. The Morgan fingerprint density at radius 3 is 1.96 bits per heavy atom. The predicted molar refractivity (Wildman–Crippen MR) is 75.9 cm³/mol. The summed E-state index contributed by atoms with van der Waals surface area (Å²) in [5.74, 6) is -8.78. The highest BCUT2D eigenvalue weighted by Gasteiger charge is 2.28. The van der Waals surface area contributed by atoms with E-state index in [9.17, 15) is 37.8 Å². The minimum absolute atomic E-state index is 0.522. The van der Waals surface area contributed by atoms with E-state index in [2.05, 4.69) is 4.74 Å². The molecule has 0 aliphatic carbocycles. The predicted octanol–water partition coefficient (Wildman–Crippen LogP) is 3.81. The molecule has 0 aromatic heterocycles. The molecule has 0 bridgehead atoms. The highest BCUT2D eigenvalue weighted by atomic mass is 19.2. The zero-order chi connectivity index (χ0) is 18.9. The summed E-state index contributed by atoms with van der Waals surface area (Å²) in [6.07, 6.45) is 0. The summed E-state index contributed by atoms with van der Waals surface area (Å²) in [7, 11) is 0.786. The Labute approximate surface area is 135 Å². The third-order valence-electron chi connectivity index (χ3n) is 3.08. The molecule has 0 unspecified atom stereocenters. The van der Waals surface area contributed by atoms with Crippen LogP contribution in [0.25, 0.3) is 0 Å². The van der Waals surface area contributed by atoms with Crippen molar-refractivity contribution in [2.75, 3.05) is 12.4 Å². The minimum Gasteiger partial charge on any atom is -0.491 e. The summed E-state index contributed by atoms with van der Waals surface area (Å²) < 4.78 is 59.4. The van der Waals surface area contributed by atoms with Gasteiger partial charge in [0.1, 0.15) is 11.4 Å². The van der Waals surface area contributed by atoms with Crippen molar-refractivity contribution in [2.24, 2.45) is 0 Å². The van der Waals surface area contributed by atoms with Gasteiger partial charge in [-0.1, -0.05) is 0 Å². The molecule has 1 N–H and O–H groups in total. The van der Waals surface area contributed by atoms with Gasteiger partial charge in [-0.15, -0.1) is 0 Å². The Morgan fingerprint density at radius 1 is 0.960 bits per heavy atom. The molecule has 25 heavy (non-hydrogen) atoms. The number of anilines is 2. The number of hydrogen-bond donors (Lipinski definition) is 1. The lowest BCUT2D eigenvalue weighted by Gasteiger charge is -2.13. The van der Waals surface area contributed by atoms with Crippen LogP contribution in [-0.4, -0.2) is 17.0 Å². The molecule has 0 heterocycles. The first-order valence-corrected chi connectivity index (χ1v) is 6.28. The summed E-state index contributed by atoms with van der Waals surface area (Å²) in [6, 6.07) is 2.10. The summed E-state index contributed by atoms with van der Waals surface area (Å²) in [5.41, 5.74) is -3.56. The first-order chi connectivity index (χ1) is 11.7. The van der Waals surface area contributed by atoms with E-state index in [0.29, 0.717) is 6.07 Å². The Hall–Kier alpha value is -3.44. The molecule has 0 saturated heterocycles. The van der Waals surface area contributed by atoms with Crippen LogP contribution in [0.1, 0.15) is 0 Å². The van der Waals surface area contributed by atoms with E-state index in [0.717, 1.165) is 19.2 Å². The molecule has 2 aromatic carbocycles. The number of nitrogens with one attached hydrogen (secondary N) is 1. The van der Waals surface area contributed by atoms with Crippen molar-refractivity contribution in [3.63, 3.8) is 0 Å². The van der Waals surface area contributed by atoms with Gasteiger partial charge in [-0.2, -0.15) is 8.78 Å². The fourth-order valence-corrected chi connectivity index (χ4v) is 1.93. The second kappa shape index (κ2) is 6.59. The van der Waals surface area contributed by atoms with Gasteiger partial charge in [0.25, 0.3) is 11.4 Å². The van der Waals surface area contributed by atoms with Crippen LogP contribution in [0.15, 0.2) is 18.2 Å². The van der Waals surface area contributed by atoms with Gasteiger partial charge >= 0.3 is 0 Å². The van der Waals surface area contributed by atoms with Crippen molar-refractivity contribution in [3.05, 3.63) is 61.7 Å². The van der Waals surface area contributed by atoms with E-state index in [-0.39, 0.29) is 0 Å². The molecule has 132 valence electrons. The lowest BCUT2D eigenvalue weighted by atomic mass is 10.2. The van der Waals surface area contributed by atoms with Crippen molar-refractivity contribution >= 4 is 22.7 Å². The second-order valence-electron chi connectivity index (χ2n) is 4.50. The molecule has 0 aliphatic heterocycles. The van der Waals surface area contributed by atoms with E-state index in [4.69, 9.17) is 0 Å². The quantitative estimate of drug-likeness (QED) is 0.375. The molecule has 0 fully saturated rings. The van der Waals surface area contributed by atoms with E-state index >= 15 is 0 Å². The van der Waals surface area contributed by atoms with Crippen LogP contribution in [0.4, 0.5) is 40.3 Å². The highest BCUT2D eigenvalue weighted by molar-refractivity contribution is 5.72. The zero-order valence-corrected chi connectivity index (χ0v) is 12.2. The molecular weight excluding hydrogens is 354 g/mol. The number of methoxy groups -OCH3 is 1. The van der Waals surface area contributed by atoms with Crippen LogP contribution in [-0.2, 0) is 0 Å². The average Bonchev–Trinajstić information content (AvgIpc) is 2.57. The van der Waals surface area contributed by atoms with E-state index in [1.807, 2.05) is 5.32 Å². The molecule has 0 atom stereocenters. The lowest BCUT2D eigenvalue weighted by molar-refractivity contribution is -0.393. The first kappa shape index (κ1) is 17.9. The maximum absolute atomic E-state index is 13.9. The molecule has 12 heteroatoms. The maximum Gasteiger partial charge on any atom is 0.299 e. The Bertz CT molecular complexity index is 861. The van der Waals surface area contributed by atoms with E-state index in [1.54, 1.807) is 0 Å². The third kappa shape index (κ3) is 3.13. The van der Waals surface area contributed by atoms with Crippen molar-refractivity contribution in [1.29, 1.82) is 0 Å². The van der Waals surface area contributed by atoms with Gasteiger partial charge in [0, 0.05) is 6.07 Å². The summed E-state index contributed by atoms with van der Waals surface area (Å²) >= 11 is 0. The number of halogens is 4. The monoisotopic (exact) mass is 361 g/mol. The largest absolute Gasteiger partial charge is 0.491 e.